The fourth-order valence-corrected chi connectivity index (χ4v) is 5.17. The number of aromatic nitrogens is 6. The number of nitrogens with two attached hydrogens (primary N) is 1. The molecule has 10 nitrogen and oxygen atoms in total. The molecule has 1 saturated heterocycles. The zero-order valence-electron chi connectivity index (χ0n) is 19.3. The molecule has 1 aliphatic rings. The van der Waals surface area contributed by atoms with Gasteiger partial charge < -0.3 is 15.6 Å². The van der Waals surface area contributed by atoms with Crippen molar-refractivity contribution in [3.8, 4) is 5.69 Å². The number of nitrogens with one attached hydrogen (secondary N) is 1. The van der Waals surface area contributed by atoms with Crippen LogP contribution in [0.1, 0.15) is 30.3 Å². The third kappa shape index (κ3) is 3.49. The number of H-pyrrole nitrogens is 1. The van der Waals surface area contributed by atoms with Crippen LogP contribution >= 0.6 is 11.6 Å². The lowest BCUT2D eigenvalue weighted by atomic mass is 10.1. The van der Waals surface area contributed by atoms with Crippen LogP contribution in [-0.4, -0.2) is 36.0 Å². The predicted molar refractivity (Wildman–Crippen MR) is 139 cm³/mol. The van der Waals surface area contributed by atoms with Gasteiger partial charge in [-0.05, 0) is 49.6 Å². The molecule has 0 aliphatic carbocycles. The molecule has 1 fully saturated rings. The number of aryl methyl sites for hydroxylation is 1. The van der Waals surface area contributed by atoms with Gasteiger partial charge in [0.25, 0.3) is 11.1 Å². The van der Waals surface area contributed by atoms with Crippen molar-refractivity contribution < 1.29 is 0 Å². The zero-order chi connectivity index (χ0) is 25.0. The number of benzene rings is 2. The van der Waals surface area contributed by atoms with Gasteiger partial charge in [0.05, 0.1) is 34.0 Å². The molecule has 3 aromatic heterocycles. The molecule has 11 heteroatoms. The highest BCUT2D eigenvalue weighted by Crippen LogP contribution is 2.37. The number of hydrogen-bond donors (Lipinski definition) is 2. The number of fused-ring (bicyclic) bond motifs is 2. The Bertz CT molecular complexity index is 1780. The standard InChI is InChI=1S/C25H21ClN8O2/c1-13-5-2-6-14(11-13)34-21(30-16-8-3-7-15(26)18(16)24(34)36)17-9-4-10-33(17)22-19-20(31-25(27)32-22)28-12-29-23(19)35/h2-3,5-8,11-12,17H,4,9-10H2,1H3,(H3,27,28,29,31,32,35)/t17-/m0/s1. The van der Waals surface area contributed by atoms with E-state index < -0.39 is 0 Å². The van der Waals surface area contributed by atoms with Crippen LogP contribution < -0.4 is 21.8 Å². The number of nitrogen functional groups attached to an aromatic ring is 1. The third-order valence-corrected chi connectivity index (χ3v) is 6.77. The average Bonchev–Trinajstić information content (AvgIpc) is 3.33. The van der Waals surface area contributed by atoms with E-state index in [4.69, 9.17) is 22.3 Å². The second kappa shape index (κ2) is 8.42. The molecule has 0 amide bonds. The maximum Gasteiger partial charge on any atom is 0.267 e. The summed E-state index contributed by atoms with van der Waals surface area (Å²) >= 11 is 6.45. The first-order chi connectivity index (χ1) is 17.4. The summed E-state index contributed by atoms with van der Waals surface area (Å²) in [6, 6.07) is 12.5. The third-order valence-electron chi connectivity index (χ3n) is 6.45. The van der Waals surface area contributed by atoms with Crippen LogP contribution in [0, 0.1) is 6.92 Å². The molecule has 36 heavy (non-hydrogen) atoms. The Morgan fingerprint density at radius 1 is 1.08 bits per heavy atom. The Kier molecular flexibility index (Phi) is 5.18. The van der Waals surface area contributed by atoms with E-state index in [1.54, 1.807) is 22.8 Å². The highest BCUT2D eigenvalue weighted by atomic mass is 35.5. The van der Waals surface area contributed by atoms with E-state index in [1.807, 2.05) is 36.1 Å². The van der Waals surface area contributed by atoms with Crippen molar-refractivity contribution in [2.45, 2.75) is 25.8 Å². The Labute approximate surface area is 209 Å². The van der Waals surface area contributed by atoms with Crippen molar-refractivity contribution in [3.63, 3.8) is 0 Å². The van der Waals surface area contributed by atoms with E-state index in [1.165, 1.54) is 6.33 Å². The second-order valence-corrected chi connectivity index (χ2v) is 9.18. The predicted octanol–water partition coefficient (Wildman–Crippen LogP) is 3.30. The van der Waals surface area contributed by atoms with Crippen LogP contribution in [-0.2, 0) is 0 Å². The number of halogens is 1. The first-order valence-corrected chi connectivity index (χ1v) is 11.9. The molecule has 1 atom stereocenters. The number of nitrogens with zero attached hydrogens (tertiary/aromatic N) is 6. The molecular formula is C25H21ClN8O2. The summed E-state index contributed by atoms with van der Waals surface area (Å²) < 4.78 is 1.61. The van der Waals surface area contributed by atoms with Crippen LogP contribution in [0.2, 0.25) is 5.02 Å². The molecule has 0 saturated carbocycles. The zero-order valence-corrected chi connectivity index (χ0v) is 20.0. The Morgan fingerprint density at radius 2 is 1.92 bits per heavy atom. The fraction of sp³-hybridized carbons (Fsp3) is 0.200. The summed E-state index contributed by atoms with van der Waals surface area (Å²) in [4.78, 5) is 48.9. The Hall–Kier alpha value is -4.31. The van der Waals surface area contributed by atoms with Crippen molar-refractivity contribution in [1.29, 1.82) is 0 Å². The van der Waals surface area contributed by atoms with Gasteiger partial charge in [-0.15, -0.1) is 0 Å². The summed E-state index contributed by atoms with van der Waals surface area (Å²) in [5, 5.41) is 0.937. The first kappa shape index (κ1) is 22.2. The average molecular weight is 501 g/mol. The van der Waals surface area contributed by atoms with Gasteiger partial charge in [0.15, 0.2) is 5.65 Å². The quantitative estimate of drug-likeness (QED) is 0.385. The normalized spacial score (nSPS) is 15.7. The van der Waals surface area contributed by atoms with Crippen LogP contribution in [0.15, 0.2) is 58.4 Å². The maximum absolute atomic E-state index is 13.9. The smallest absolute Gasteiger partial charge is 0.267 e. The van der Waals surface area contributed by atoms with E-state index in [-0.39, 0.29) is 34.1 Å². The molecule has 0 radical (unpaired) electrons. The summed E-state index contributed by atoms with van der Waals surface area (Å²) in [7, 11) is 0. The fourth-order valence-electron chi connectivity index (χ4n) is 4.92. The molecule has 0 bridgehead atoms. The summed E-state index contributed by atoms with van der Waals surface area (Å²) in [5.41, 5.74) is 7.76. The van der Waals surface area contributed by atoms with Crippen molar-refractivity contribution in [3.05, 3.63) is 85.9 Å². The Balaban J connectivity index is 1.64. The molecular weight excluding hydrogens is 480 g/mol. The van der Waals surface area contributed by atoms with Gasteiger partial charge in [0.1, 0.15) is 17.0 Å². The lowest BCUT2D eigenvalue weighted by molar-refractivity contribution is 0.634. The summed E-state index contributed by atoms with van der Waals surface area (Å²) in [5.74, 6) is 0.907. The topological polar surface area (TPSA) is 136 Å². The molecule has 3 N–H and O–H groups in total. The van der Waals surface area contributed by atoms with Gasteiger partial charge >= 0.3 is 0 Å². The molecule has 2 aromatic carbocycles. The highest BCUT2D eigenvalue weighted by Gasteiger charge is 2.34. The van der Waals surface area contributed by atoms with E-state index in [0.29, 0.717) is 46.2 Å². The molecule has 0 spiro atoms. The summed E-state index contributed by atoms with van der Waals surface area (Å²) in [6.45, 7) is 2.55. The van der Waals surface area contributed by atoms with Crippen molar-refractivity contribution in [1.82, 2.24) is 29.5 Å². The van der Waals surface area contributed by atoms with Gasteiger partial charge in [0.2, 0.25) is 5.95 Å². The number of aromatic amines is 1. The number of rotatable bonds is 3. The molecule has 5 aromatic rings. The van der Waals surface area contributed by atoms with Gasteiger partial charge in [-0.25, -0.2) is 9.97 Å². The van der Waals surface area contributed by atoms with E-state index >= 15 is 0 Å². The molecule has 4 heterocycles. The van der Waals surface area contributed by atoms with E-state index in [2.05, 4.69) is 19.9 Å². The van der Waals surface area contributed by atoms with Crippen molar-refractivity contribution in [2.24, 2.45) is 0 Å². The highest BCUT2D eigenvalue weighted by molar-refractivity contribution is 6.35. The van der Waals surface area contributed by atoms with Crippen LogP contribution in [0.5, 0.6) is 0 Å². The van der Waals surface area contributed by atoms with Gasteiger partial charge in [-0.2, -0.15) is 9.97 Å². The van der Waals surface area contributed by atoms with Crippen molar-refractivity contribution >= 4 is 45.3 Å². The minimum atomic E-state index is -0.366. The second-order valence-electron chi connectivity index (χ2n) is 8.77. The van der Waals surface area contributed by atoms with Gasteiger partial charge in [0, 0.05) is 6.54 Å². The van der Waals surface area contributed by atoms with Crippen LogP contribution in [0.25, 0.3) is 27.6 Å². The van der Waals surface area contributed by atoms with E-state index in [0.717, 1.165) is 12.0 Å². The molecule has 1 aliphatic heterocycles. The largest absolute Gasteiger partial charge is 0.368 e. The van der Waals surface area contributed by atoms with Crippen molar-refractivity contribution in [2.75, 3.05) is 17.2 Å². The Morgan fingerprint density at radius 3 is 2.75 bits per heavy atom. The first-order valence-electron chi connectivity index (χ1n) is 11.5. The minimum Gasteiger partial charge on any atom is -0.368 e. The SMILES string of the molecule is Cc1cccc(-n2c([C@@H]3CCCN3c3nc(N)nc4nc[nH]c(=O)c34)nc3cccc(Cl)c3c2=O)c1. The van der Waals surface area contributed by atoms with Crippen LogP contribution in [0.3, 0.4) is 0 Å². The number of hydrogen-bond acceptors (Lipinski definition) is 8. The van der Waals surface area contributed by atoms with Gasteiger partial charge in [-0.1, -0.05) is 29.8 Å². The molecule has 6 rings (SSSR count). The minimum absolute atomic E-state index is 0.00979. The molecule has 180 valence electrons. The van der Waals surface area contributed by atoms with E-state index in [9.17, 15) is 9.59 Å². The van der Waals surface area contributed by atoms with Gasteiger partial charge in [-0.3, -0.25) is 14.2 Å². The maximum atomic E-state index is 13.9. The lowest BCUT2D eigenvalue weighted by Crippen LogP contribution is -2.33. The number of anilines is 2. The summed E-state index contributed by atoms with van der Waals surface area (Å²) in [6.07, 6.45) is 2.77. The lowest BCUT2D eigenvalue weighted by Gasteiger charge is -2.28. The van der Waals surface area contributed by atoms with Crippen LogP contribution in [0.4, 0.5) is 11.8 Å². The molecule has 0 unspecified atom stereocenters. The monoisotopic (exact) mass is 500 g/mol.